The highest BCUT2D eigenvalue weighted by molar-refractivity contribution is 6.30. The van der Waals surface area contributed by atoms with Gasteiger partial charge in [0.15, 0.2) is 0 Å². The Kier molecular flexibility index (Phi) is 5.60. The van der Waals surface area contributed by atoms with E-state index in [1.807, 2.05) is 18.2 Å². The minimum atomic E-state index is -0.324. The summed E-state index contributed by atoms with van der Waals surface area (Å²) in [7, 11) is 0. The smallest absolute Gasteiger partial charge is 0.223 e. The van der Waals surface area contributed by atoms with Gasteiger partial charge in [0, 0.05) is 10.9 Å². The fourth-order valence-corrected chi connectivity index (χ4v) is 4.34. The molecule has 3 rings (SSSR count). The second-order valence-electron chi connectivity index (χ2n) is 7.10. The van der Waals surface area contributed by atoms with E-state index in [0.29, 0.717) is 17.4 Å². The third-order valence-electron chi connectivity index (χ3n) is 5.39. The standard InChI is InChI=1S/C19H26ClNO2/c20-16-9-3-7-14(11-16)18(13-5-1-2-6-13)21-19(23)15-8-4-10-17(22)12-15/h3,7,9,11,13,15,17-18,22H,1-2,4-6,8,10,12H2,(H,21,23)/t15?,17?,18-/m0/s1. The molecular formula is C19H26ClNO2. The molecule has 4 heteroatoms. The van der Waals surface area contributed by atoms with E-state index >= 15 is 0 Å². The van der Waals surface area contributed by atoms with Crippen molar-refractivity contribution in [1.82, 2.24) is 5.32 Å². The minimum Gasteiger partial charge on any atom is -0.393 e. The predicted octanol–water partition coefficient (Wildman–Crippen LogP) is 4.24. The van der Waals surface area contributed by atoms with E-state index in [1.54, 1.807) is 0 Å². The molecule has 0 aliphatic heterocycles. The first kappa shape index (κ1) is 16.8. The lowest BCUT2D eigenvalue weighted by Crippen LogP contribution is -2.39. The summed E-state index contributed by atoms with van der Waals surface area (Å²) in [6.45, 7) is 0. The number of hydrogen-bond donors (Lipinski definition) is 2. The Balaban J connectivity index is 1.74. The molecular weight excluding hydrogens is 310 g/mol. The molecule has 126 valence electrons. The second kappa shape index (κ2) is 7.67. The topological polar surface area (TPSA) is 49.3 Å². The summed E-state index contributed by atoms with van der Waals surface area (Å²) in [5, 5.41) is 13.8. The molecule has 2 N–H and O–H groups in total. The number of benzene rings is 1. The van der Waals surface area contributed by atoms with Crippen LogP contribution < -0.4 is 5.32 Å². The normalized spacial score (nSPS) is 26.9. The molecule has 1 aromatic carbocycles. The van der Waals surface area contributed by atoms with Crippen LogP contribution in [0.5, 0.6) is 0 Å². The molecule has 0 spiro atoms. The summed E-state index contributed by atoms with van der Waals surface area (Å²) >= 11 is 6.15. The van der Waals surface area contributed by atoms with Gasteiger partial charge < -0.3 is 10.4 Å². The Morgan fingerprint density at radius 1 is 1.17 bits per heavy atom. The van der Waals surface area contributed by atoms with E-state index in [4.69, 9.17) is 11.6 Å². The SMILES string of the molecule is O=C(N[C@H](c1cccc(Cl)c1)C1CCCC1)C1CCCC(O)C1. The van der Waals surface area contributed by atoms with Crippen LogP contribution in [-0.2, 0) is 4.79 Å². The van der Waals surface area contributed by atoms with Crippen LogP contribution >= 0.6 is 11.6 Å². The highest BCUT2D eigenvalue weighted by Gasteiger charge is 2.32. The monoisotopic (exact) mass is 335 g/mol. The molecule has 2 saturated carbocycles. The number of hydrogen-bond acceptors (Lipinski definition) is 2. The Morgan fingerprint density at radius 3 is 2.65 bits per heavy atom. The van der Waals surface area contributed by atoms with E-state index in [9.17, 15) is 9.90 Å². The van der Waals surface area contributed by atoms with Crippen LogP contribution in [0.15, 0.2) is 24.3 Å². The molecule has 0 saturated heterocycles. The molecule has 0 heterocycles. The maximum Gasteiger partial charge on any atom is 0.223 e. The summed E-state index contributed by atoms with van der Waals surface area (Å²) in [5.74, 6) is 0.536. The quantitative estimate of drug-likeness (QED) is 0.864. The highest BCUT2D eigenvalue weighted by Crippen LogP contribution is 2.37. The number of carbonyl (C=O) groups excluding carboxylic acids is 1. The van der Waals surface area contributed by atoms with Gasteiger partial charge in [-0.15, -0.1) is 0 Å². The van der Waals surface area contributed by atoms with E-state index in [1.165, 1.54) is 12.8 Å². The van der Waals surface area contributed by atoms with Crippen LogP contribution in [0, 0.1) is 11.8 Å². The van der Waals surface area contributed by atoms with Gasteiger partial charge in [0.1, 0.15) is 0 Å². The number of aliphatic hydroxyl groups excluding tert-OH is 1. The summed E-state index contributed by atoms with van der Waals surface area (Å²) in [4.78, 5) is 12.7. The lowest BCUT2D eigenvalue weighted by Gasteiger charge is -2.30. The van der Waals surface area contributed by atoms with Crippen molar-refractivity contribution in [3.8, 4) is 0 Å². The van der Waals surface area contributed by atoms with Crippen molar-refractivity contribution in [2.45, 2.75) is 63.5 Å². The summed E-state index contributed by atoms with van der Waals surface area (Å²) < 4.78 is 0. The molecule has 0 radical (unpaired) electrons. The third-order valence-corrected chi connectivity index (χ3v) is 5.63. The lowest BCUT2D eigenvalue weighted by molar-refractivity contribution is -0.128. The van der Waals surface area contributed by atoms with Gasteiger partial charge in [0.05, 0.1) is 12.1 Å². The molecule has 1 aromatic rings. The average Bonchev–Trinajstić information content (AvgIpc) is 3.06. The second-order valence-corrected chi connectivity index (χ2v) is 7.54. The van der Waals surface area contributed by atoms with Gasteiger partial charge in [-0.2, -0.15) is 0 Å². The summed E-state index contributed by atoms with van der Waals surface area (Å²) in [6, 6.07) is 7.90. The molecule has 23 heavy (non-hydrogen) atoms. The first-order valence-electron chi connectivity index (χ1n) is 8.87. The van der Waals surface area contributed by atoms with Crippen molar-refractivity contribution in [2.24, 2.45) is 11.8 Å². The van der Waals surface area contributed by atoms with E-state index in [-0.39, 0.29) is 24.0 Å². The van der Waals surface area contributed by atoms with Crippen molar-refractivity contribution in [1.29, 1.82) is 0 Å². The maximum absolute atomic E-state index is 12.7. The van der Waals surface area contributed by atoms with Crippen molar-refractivity contribution in [3.63, 3.8) is 0 Å². The van der Waals surface area contributed by atoms with Gasteiger partial charge in [-0.05, 0) is 55.7 Å². The fourth-order valence-electron chi connectivity index (χ4n) is 4.14. The summed E-state index contributed by atoms with van der Waals surface area (Å²) in [6.07, 6.45) is 7.70. The molecule has 2 fully saturated rings. The van der Waals surface area contributed by atoms with Gasteiger partial charge in [-0.1, -0.05) is 43.0 Å². The molecule has 0 aromatic heterocycles. The van der Waals surface area contributed by atoms with Gasteiger partial charge >= 0.3 is 0 Å². The zero-order chi connectivity index (χ0) is 16.2. The molecule has 2 aliphatic carbocycles. The average molecular weight is 336 g/mol. The van der Waals surface area contributed by atoms with Crippen LogP contribution in [0.4, 0.5) is 0 Å². The Morgan fingerprint density at radius 2 is 1.96 bits per heavy atom. The van der Waals surface area contributed by atoms with E-state index < -0.39 is 0 Å². The largest absolute Gasteiger partial charge is 0.393 e. The molecule has 3 atom stereocenters. The lowest BCUT2D eigenvalue weighted by atomic mass is 9.85. The number of rotatable bonds is 4. The summed E-state index contributed by atoms with van der Waals surface area (Å²) in [5.41, 5.74) is 1.11. The first-order valence-corrected chi connectivity index (χ1v) is 9.25. The van der Waals surface area contributed by atoms with E-state index in [2.05, 4.69) is 11.4 Å². The zero-order valence-corrected chi connectivity index (χ0v) is 14.3. The molecule has 3 nitrogen and oxygen atoms in total. The number of carbonyl (C=O) groups is 1. The van der Waals surface area contributed by atoms with Gasteiger partial charge in [0.25, 0.3) is 0 Å². The van der Waals surface area contributed by atoms with Gasteiger partial charge in [-0.3, -0.25) is 4.79 Å². The Bertz CT molecular complexity index is 542. The van der Waals surface area contributed by atoms with Crippen molar-refractivity contribution >= 4 is 17.5 Å². The first-order chi connectivity index (χ1) is 11.1. The van der Waals surface area contributed by atoms with E-state index in [0.717, 1.165) is 37.7 Å². The zero-order valence-electron chi connectivity index (χ0n) is 13.5. The number of nitrogens with one attached hydrogen (secondary N) is 1. The third kappa shape index (κ3) is 4.27. The van der Waals surface area contributed by atoms with Crippen LogP contribution in [0.1, 0.15) is 63.0 Å². The van der Waals surface area contributed by atoms with Crippen LogP contribution in [-0.4, -0.2) is 17.1 Å². The predicted molar refractivity (Wildman–Crippen MR) is 92.3 cm³/mol. The van der Waals surface area contributed by atoms with Crippen molar-refractivity contribution in [2.75, 3.05) is 0 Å². The maximum atomic E-state index is 12.7. The van der Waals surface area contributed by atoms with Crippen molar-refractivity contribution < 1.29 is 9.90 Å². The molecule has 0 bridgehead atoms. The Hall–Kier alpha value is -1.06. The number of halogens is 1. The molecule has 2 unspecified atom stereocenters. The Labute approximate surface area is 143 Å². The number of amides is 1. The highest BCUT2D eigenvalue weighted by atomic mass is 35.5. The van der Waals surface area contributed by atoms with Crippen LogP contribution in [0.2, 0.25) is 5.02 Å². The molecule has 2 aliphatic rings. The molecule has 1 amide bonds. The van der Waals surface area contributed by atoms with Crippen LogP contribution in [0.25, 0.3) is 0 Å². The fraction of sp³-hybridized carbons (Fsp3) is 0.632. The number of aliphatic hydroxyl groups is 1. The minimum absolute atomic E-state index is 0.0442. The van der Waals surface area contributed by atoms with Gasteiger partial charge in [-0.25, -0.2) is 0 Å². The van der Waals surface area contributed by atoms with Gasteiger partial charge in [0.2, 0.25) is 5.91 Å². The van der Waals surface area contributed by atoms with Crippen molar-refractivity contribution in [3.05, 3.63) is 34.9 Å². The van der Waals surface area contributed by atoms with Crippen LogP contribution in [0.3, 0.4) is 0 Å².